The zero-order chi connectivity index (χ0) is 19.9. The van der Waals surface area contributed by atoms with Crippen LogP contribution >= 0.6 is 22.9 Å². The van der Waals surface area contributed by atoms with Gasteiger partial charge >= 0.3 is 0 Å². The maximum atomic E-state index is 5.93. The molecule has 144 valence electrons. The molecular formula is C23H18ClN3OS. The summed E-state index contributed by atoms with van der Waals surface area (Å²) >= 11 is 7.43. The number of hydrogen-bond acceptors (Lipinski definition) is 5. The van der Waals surface area contributed by atoms with Gasteiger partial charge in [-0.3, -0.25) is 5.43 Å². The lowest BCUT2D eigenvalue weighted by Crippen LogP contribution is -1.95. The van der Waals surface area contributed by atoms with Crippen LogP contribution in [0.4, 0.5) is 5.13 Å². The van der Waals surface area contributed by atoms with Crippen molar-refractivity contribution in [3.8, 4) is 17.0 Å². The van der Waals surface area contributed by atoms with Gasteiger partial charge in [-0.1, -0.05) is 54.1 Å². The van der Waals surface area contributed by atoms with Crippen LogP contribution in [0.1, 0.15) is 11.1 Å². The Bertz CT molecular complexity index is 1080. The lowest BCUT2D eigenvalue weighted by molar-refractivity contribution is 0.306. The molecule has 0 aliphatic heterocycles. The molecule has 0 saturated heterocycles. The average Bonchev–Trinajstić information content (AvgIpc) is 3.23. The average molecular weight is 420 g/mol. The Morgan fingerprint density at radius 1 is 0.966 bits per heavy atom. The van der Waals surface area contributed by atoms with Crippen molar-refractivity contribution < 1.29 is 4.74 Å². The Hall–Kier alpha value is -3.15. The minimum atomic E-state index is 0.551. The number of halogens is 1. The second kappa shape index (κ2) is 9.37. The summed E-state index contributed by atoms with van der Waals surface area (Å²) < 4.78 is 5.80. The van der Waals surface area contributed by atoms with Gasteiger partial charge in [-0.05, 0) is 47.5 Å². The molecule has 1 aromatic heterocycles. The van der Waals surface area contributed by atoms with Gasteiger partial charge in [0.1, 0.15) is 12.4 Å². The molecule has 0 aliphatic rings. The van der Waals surface area contributed by atoms with Crippen molar-refractivity contribution in [3.05, 3.63) is 100 Å². The molecule has 3 aromatic carbocycles. The van der Waals surface area contributed by atoms with E-state index in [0.29, 0.717) is 11.6 Å². The minimum absolute atomic E-state index is 0.551. The summed E-state index contributed by atoms with van der Waals surface area (Å²) in [6.45, 7) is 0.551. The molecule has 0 spiro atoms. The van der Waals surface area contributed by atoms with Crippen LogP contribution in [0.25, 0.3) is 11.3 Å². The molecule has 6 heteroatoms. The number of benzene rings is 3. The third-order valence-corrected chi connectivity index (χ3v) is 5.15. The summed E-state index contributed by atoms with van der Waals surface area (Å²) in [7, 11) is 0. The Morgan fingerprint density at radius 2 is 1.72 bits per heavy atom. The van der Waals surface area contributed by atoms with Crippen LogP contribution in [0, 0.1) is 0 Å². The number of hydrazone groups is 1. The van der Waals surface area contributed by atoms with Gasteiger partial charge in [-0.25, -0.2) is 4.98 Å². The fraction of sp³-hybridized carbons (Fsp3) is 0.0435. The van der Waals surface area contributed by atoms with Crippen molar-refractivity contribution in [1.82, 2.24) is 4.98 Å². The third-order valence-electron chi connectivity index (χ3n) is 4.15. The molecule has 0 atom stereocenters. The van der Waals surface area contributed by atoms with Gasteiger partial charge in [-0.2, -0.15) is 5.10 Å². The molecule has 0 bridgehead atoms. The summed E-state index contributed by atoms with van der Waals surface area (Å²) in [5.41, 5.74) is 7.00. The molecule has 4 rings (SSSR count). The van der Waals surface area contributed by atoms with E-state index < -0.39 is 0 Å². The van der Waals surface area contributed by atoms with Crippen LogP contribution < -0.4 is 10.2 Å². The number of anilines is 1. The van der Waals surface area contributed by atoms with Crippen molar-refractivity contribution in [2.75, 3.05) is 5.43 Å². The Labute approximate surface area is 178 Å². The Balaban J connectivity index is 1.31. The quantitative estimate of drug-likeness (QED) is 0.275. The van der Waals surface area contributed by atoms with Crippen LogP contribution in [0.15, 0.2) is 89.3 Å². The second-order valence-corrected chi connectivity index (χ2v) is 7.55. The Morgan fingerprint density at radius 3 is 2.48 bits per heavy atom. The van der Waals surface area contributed by atoms with Gasteiger partial charge in [0.2, 0.25) is 5.13 Å². The third kappa shape index (κ3) is 5.44. The van der Waals surface area contributed by atoms with E-state index in [1.165, 1.54) is 11.3 Å². The van der Waals surface area contributed by atoms with Crippen molar-refractivity contribution in [1.29, 1.82) is 0 Å². The van der Waals surface area contributed by atoms with Crippen LogP contribution in [-0.2, 0) is 6.61 Å². The van der Waals surface area contributed by atoms with Gasteiger partial charge in [0.05, 0.1) is 11.9 Å². The van der Waals surface area contributed by atoms with Crippen LogP contribution in [0.5, 0.6) is 5.75 Å². The zero-order valence-corrected chi connectivity index (χ0v) is 17.0. The van der Waals surface area contributed by atoms with Crippen molar-refractivity contribution >= 4 is 34.3 Å². The number of ether oxygens (including phenoxy) is 1. The molecular weight excluding hydrogens is 402 g/mol. The highest BCUT2D eigenvalue weighted by Crippen LogP contribution is 2.26. The fourth-order valence-electron chi connectivity index (χ4n) is 2.63. The first kappa shape index (κ1) is 19.2. The number of thiazole rings is 1. The molecule has 0 fully saturated rings. The normalized spacial score (nSPS) is 10.9. The molecule has 0 aliphatic carbocycles. The number of nitrogens with zero attached hydrogens (tertiary/aromatic N) is 2. The monoisotopic (exact) mass is 419 g/mol. The second-order valence-electron chi connectivity index (χ2n) is 6.26. The van der Waals surface area contributed by atoms with Gasteiger partial charge in [-0.15, -0.1) is 11.3 Å². The first-order valence-corrected chi connectivity index (χ1v) is 10.3. The number of rotatable bonds is 7. The summed E-state index contributed by atoms with van der Waals surface area (Å²) in [4.78, 5) is 4.54. The van der Waals surface area contributed by atoms with Gasteiger partial charge < -0.3 is 4.74 Å². The van der Waals surface area contributed by atoms with E-state index in [0.717, 1.165) is 33.3 Å². The van der Waals surface area contributed by atoms with E-state index >= 15 is 0 Å². The first-order valence-electron chi connectivity index (χ1n) is 9.03. The van der Waals surface area contributed by atoms with E-state index in [2.05, 4.69) is 15.5 Å². The van der Waals surface area contributed by atoms with Crippen LogP contribution in [0.3, 0.4) is 0 Å². The predicted molar refractivity (Wildman–Crippen MR) is 121 cm³/mol. The van der Waals surface area contributed by atoms with Gasteiger partial charge in [0.15, 0.2) is 0 Å². The lowest BCUT2D eigenvalue weighted by Gasteiger charge is -2.06. The van der Waals surface area contributed by atoms with Crippen molar-refractivity contribution in [2.45, 2.75) is 6.61 Å². The highest BCUT2D eigenvalue weighted by Gasteiger charge is 2.03. The smallest absolute Gasteiger partial charge is 0.203 e. The van der Waals surface area contributed by atoms with E-state index in [1.807, 2.05) is 84.2 Å². The minimum Gasteiger partial charge on any atom is -0.489 e. The zero-order valence-electron chi connectivity index (χ0n) is 15.5. The number of aromatic nitrogens is 1. The van der Waals surface area contributed by atoms with E-state index in [1.54, 1.807) is 6.21 Å². The molecule has 0 unspecified atom stereocenters. The van der Waals surface area contributed by atoms with E-state index in [4.69, 9.17) is 16.3 Å². The molecule has 4 nitrogen and oxygen atoms in total. The molecule has 4 aromatic rings. The Kier molecular flexibility index (Phi) is 6.19. The van der Waals surface area contributed by atoms with Crippen molar-refractivity contribution in [3.63, 3.8) is 0 Å². The van der Waals surface area contributed by atoms with Crippen molar-refractivity contribution in [2.24, 2.45) is 5.10 Å². The largest absolute Gasteiger partial charge is 0.489 e. The molecule has 0 radical (unpaired) electrons. The number of nitrogens with one attached hydrogen (secondary N) is 1. The van der Waals surface area contributed by atoms with Crippen LogP contribution in [-0.4, -0.2) is 11.2 Å². The summed E-state index contributed by atoms with van der Waals surface area (Å²) in [6, 6.07) is 25.5. The molecule has 1 heterocycles. The highest BCUT2D eigenvalue weighted by atomic mass is 35.5. The first-order chi connectivity index (χ1) is 14.3. The summed E-state index contributed by atoms with van der Waals surface area (Å²) in [5, 5.41) is 7.70. The maximum absolute atomic E-state index is 5.93. The molecule has 1 N–H and O–H groups in total. The molecule has 29 heavy (non-hydrogen) atoms. The highest BCUT2D eigenvalue weighted by molar-refractivity contribution is 7.14. The maximum Gasteiger partial charge on any atom is 0.203 e. The summed E-state index contributed by atoms with van der Waals surface area (Å²) in [5.74, 6) is 0.825. The van der Waals surface area contributed by atoms with Gasteiger partial charge in [0, 0.05) is 16.0 Å². The lowest BCUT2D eigenvalue weighted by atomic mass is 10.2. The van der Waals surface area contributed by atoms with Gasteiger partial charge in [0.25, 0.3) is 0 Å². The molecule has 0 saturated carbocycles. The van der Waals surface area contributed by atoms with Crippen LogP contribution in [0.2, 0.25) is 5.02 Å². The van der Waals surface area contributed by atoms with E-state index in [9.17, 15) is 0 Å². The van der Waals surface area contributed by atoms with E-state index in [-0.39, 0.29) is 0 Å². The fourth-order valence-corrected chi connectivity index (χ4v) is 3.43. The SMILES string of the molecule is Clc1ccc(-c2csc(N/N=C/c3ccc(OCc4ccccc4)cc3)n2)cc1. The standard InChI is InChI=1S/C23H18ClN3OS/c24-20-10-8-19(9-11-20)22-16-29-23(26-22)27-25-14-17-6-12-21(13-7-17)28-15-18-4-2-1-3-5-18/h1-14,16H,15H2,(H,26,27)/b25-14+. The number of hydrogen-bond donors (Lipinski definition) is 1. The topological polar surface area (TPSA) is 46.5 Å². The predicted octanol–water partition coefficient (Wildman–Crippen LogP) is 6.49. The summed E-state index contributed by atoms with van der Waals surface area (Å²) in [6.07, 6.45) is 1.75. The molecule has 0 amide bonds.